The first-order chi connectivity index (χ1) is 16.4. The lowest BCUT2D eigenvalue weighted by Gasteiger charge is -2.10. The molecule has 4 aromatic rings. The van der Waals surface area contributed by atoms with E-state index in [1.54, 1.807) is 18.2 Å². The minimum absolute atomic E-state index is 0.216. The molecule has 170 valence electrons. The van der Waals surface area contributed by atoms with Crippen LogP contribution in [0.4, 0.5) is 10.1 Å². The highest BCUT2D eigenvalue weighted by Gasteiger charge is 2.25. The first kappa shape index (κ1) is 22.7. The second-order valence-electron chi connectivity index (χ2n) is 7.81. The summed E-state index contributed by atoms with van der Waals surface area (Å²) < 4.78 is 15.4. The number of hydrogen-bond acceptors (Lipinski definition) is 3. The van der Waals surface area contributed by atoms with E-state index < -0.39 is 0 Å². The number of rotatable bonds is 4. The number of carbonyl (C=O) groups is 1. The second-order valence-corrected chi connectivity index (χ2v) is 9.65. The normalized spacial score (nSPS) is 16.1. The zero-order valence-electron chi connectivity index (χ0n) is 18.0. The van der Waals surface area contributed by atoms with Crippen molar-refractivity contribution in [3.8, 4) is 0 Å². The van der Waals surface area contributed by atoms with Crippen molar-refractivity contribution in [1.29, 1.82) is 0 Å². The molecule has 0 saturated carbocycles. The summed E-state index contributed by atoms with van der Waals surface area (Å²) >= 11 is 13.6. The van der Waals surface area contributed by atoms with Gasteiger partial charge in [-0.05, 0) is 72.8 Å². The summed E-state index contributed by atoms with van der Waals surface area (Å²) in [7, 11) is 0. The quantitative estimate of drug-likeness (QED) is 0.292. The van der Waals surface area contributed by atoms with Crippen LogP contribution in [0.1, 0.15) is 16.8 Å². The highest BCUT2D eigenvalue weighted by Crippen LogP contribution is 2.34. The molecule has 2 heterocycles. The predicted octanol–water partition coefficient (Wildman–Crippen LogP) is 7.34. The first-order valence-corrected chi connectivity index (χ1v) is 12.0. The SMILES string of the molecule is Cc1c(/C=C2/SC(=Nc3ccc(F)cc3)NC2=O)c2ccccc2n1Cc1ccc(Cl)c(Cl)c1. The number of benzene rings is 3. The van der Waals surface area contributed by atoms with E-state index in [-0.39, 0.29) is 11.7 Å². The van der Waals surface area contributed by atoms with E-state index in [4.69, 9.17) is 23.2 Å². The average Bonchev–Trinajstić information content (AvgIpc) is 3.30. The number of aromatic nitrogens is 1. The van der Waals surface area contributed by atoms with Crippen LogP contribution in [0.3, 0.4) is 0 Å². The van der Waals surface area contributed by atoms with E-state index in [9.17, 15) is 9.18 Å². The molecule has 1 amide bonds. The maximum atomic E-state index is 13.2. The highest BCUT2D eigenvalue weighted by atomic mass is 35.5. The van der Waals surface area contributed by atoms with Crippen LogP contribution in [0, 0.1) is 12.7 Å². The van der Waals surface area contributed by atoms with Crippen LogP contribution in [0.25, 0.3) is 17.0 Å². The minimum Gasteiger partial charge on any atom is -0.340 e. The molecule has 34 heavy (non-hydrogen) atoms. The van der Waals surface area contributed by atoms with Crippen molar-refractivity contribution < 1.29 is 9.18 Å². The maximum absolute atomic E-state index is 13.2. The average molecular weight is 510 g/mol. The highest BCUT2D eigenvalue weighted by molar-refractivity contribution is 8.18. The number of para-hydroxylation sites is 1. The van der Waals surface area contributed by atoms with Crippen molar-refractivity contribution in [2.24, 2.45) is 4.99 Å². The fourth-order valence-corrected chi connectivity index (χ4v) is 5.05. The molecule has 0 radical (unpaired) electrons. The van der Waals surface area contributed by atoms with E-state index in [0.717, 1.165) is 27.7 Å². The number of nitrogens with zero attached hydrogens (tertiary/aromatic N) is 2. The summed E-state index contributed by atoms with van der Waals surface area (Å²) in [5.74, 6) is -0.549. The smallest absolute Gasteiger partial charge is 0.264 e. The number of amides is 1. The van der Waals surface area contributed by atoms with Gasteiger partial charge in [0.25, 0.3) is 5.91 Å². The molecule has 1 aromatic heterocycles. The molecule has 0 aliphatic carbocycles. The Balaban J connectivity index is 1.51. The molecule has 4 nitrogen and oxygen atoms in total. The Morgan fingerprint density at radius 1 is 1.06 bits per heavy atom. The Morgan fingerprint density at radius 2 is 1.82 bits per heavy atom. The van der Waals surface area contributed by atoms with Gasteiger partial charge < -0.3 is 9.88 Å². The van der Waals surface area contributed by atoms with Crippen LogP contribution in [0.5, 0.6) is 0 Å². The monoisotopic (exact) mass is 509 g/mol. The predicted molar refractivity (Wildman–Crippen MR) is 139 cm³/mol. The first-order valence-electron chi connectivity index (χ1n) is 10.5. The van der Waals surface area contributed by atoms with Crippen LogP contribution >= 0.6 is 35.0 Å². The van der Waals surface area contributed by atoms with E-state index in [0.29, 0.717) is 32.4 Å². The largest absolute Gasteiger partial charge is 0.340 e. The number of nitrogens with one attached hydrogen (secondary N) is 1. The lowest BCUT2D eigenvalue weighted by Crippen LogP contribution is -2.19. The number of halogens is 3. The van der Waals surface area contributed by atoms with Crippen LogP contribution in [0.15, 0.2) is 76.6 Å². The van der Waals surface area contributed by atoms with Gasteiger partial charge in [0.1, 0.15) is 5.82 Å². The van der Waals surface area contributed by atoms with Crippen LogP contribution in [-0.4, -0.2) is 15.6 Å². The summed E-state index contributed by atoms with van der Waals surface area (Å²) in [6.45, 7) is 2.65. The Labute approximate surface area is 210 Å². The van der Waals surface area contributed by atoms with Gasteiger partial charge in [-0.25, -0.2) is 9.38 Å². The Kier molecular flexibility index (Phi) is 6.21. The number of amidine groups is 1. The fraction of sp³-hybridized carbons (Fsp3) is 0.0769. The Morgan fingerprint density at radius 3 is 2.59 bits per heavy atom. The number of aliphatic imine (C=N–C) groups is 1. The van der Waals surface area contributed by atoms with Gasteiger partial charge in [-0.2, -0.15) is 0 Å². The zero-order chi connectivity index (χ0) is 23.8. The fourth-order valence-electron chi connectivity index (χ4n) is 3.91. The summed E-state index contributed by atoms with van der Waals surface area (Å²) in [5.41, 5.74) is 4.65. The van der Waals surface area contributed by atoms with E-state index in [1.807, 2.05) is 43.3 Å². The van der Waals surface area contributed by atoms with Gasteiger partial charge >= 0.3 is 0 Å². The van der Waals surface area contributed by atoms with Gasteiger partial charge in [0.2, 0.25) is 0 Å². The zero-order valence-corrected chi connectivity index (χ0v) is 20.3. The molecular weight excluding hydrogens is 492 g/mol. The van der Waals surface area contributed by atoms with E-state index >= 15 is 0 Å². The molecule has 8 heteroatoms. The van der Waals surface area contributed by atoms with Crippen LogP contribution in [-0.2, 0) is 11.3 Å². The number of fused-ring (bicyclic) bond motifs is 1. The van der Waals surface area contributed by atoms with Crippen molar-refractivity contribution in [3.05, 3.63) is 104 Å². The number of carbonyl (C=O) groups excluding carboxylic acids is 1. The molecule has 0 unspecified atom stereocenters. The molecule has 5 rings (SSSR count). The molecule has 1 saturated heterocycles. The van der Waals surface area contributed by atoms with Crippen LogP contribution in [0.2, 0.25) is 10.0 Å². The molecule has 1 N–H and O–H groups in total. The van der Waals surface area contributed by atoms with Crippen molar-refractivity contribution >= 4 is 68.7 Å². The Hall–Kier alpha value is -3.06. The van der Waals surface area contributed by atoms with Gasteiger partial charge in [-0.1, -0.05) is 47.5 Å². The van der Waals surface area contributed by atoms with E-state index in [1.165, 1.54) is 23.9 Å². The van der Waals surface area contributed by atoms with Crippen molar-refractivity contribution in [1.82, 2.24) is 9.88 Å². The molecule has 1 aliphatic rings. The third kappa shape index (κ3) is 4.49. The second kappa shape index (κ2) is 9.29. The molecule has 3 aromatic carbocycles. The van der Waals surface area contributed by atoms with E-state index in [2.05, 4.69) is 20.9 Å². The van der Waals surface area contributed by atoms with Gasteiger partial charge in [-0.3, -0.25) is 4.79 Å². The molecule has 1 aliphatic heterocycles. The minimum atomic E-state index is -0.333. The van der Waals surface area contributed by atoms with Crippen molar-refractivity contribution in [2.45, 2.75) is 13.5 Å². The summed E-state index contributed by atoms with van der Waals surface area (Å²) in [4.78, 5) is 17.6. The van der Waals surface area contributed by atoms with Gasteiger partial charge in [-0.15, -0.1) is 0 Å². The van der Waals surface area contributed by atoms with Crippen molar-refractivity contribution in [2.75, 3.05) is 0 Å². The summed E-state index contributed by atoms with van der Waals surface area (Å²) in [5, 5.41) is 5.33. The van der Waals surface area contributed by atoms with Gasteiger partial charge in [0.15, 0.2) is 5.17 Å². The van der Waals surface area contributed by atoms with Gasteiger partial charge in [0, 0.05) is 28.7 Å². The van der Waals surface area contributed by atoms with Gasteiger partial charge in [0.05, 0.1) is 20.6 Å². The standard InChI is InChI=1S/C26H18Cl2FN3OS/c1-15-20(13-24-25(33)31-26(34-24)30-18-9-7-17(29)8-10-18)19-4-2-3-5-23(19)32(15)14-16-6-11-21(27)22(28)12-16/h2-13H,14H2,1H3,(H,30,31,33)/b24-13+. The Bertz CT molecular complexity index is 1490. The molecule has 0 atom stereocenters. The maximum Gasteiger partial charge on any atom is 0.264 e. The van der Waals surface area contributed by atoms with Crippen molar-refractivity contribution in [3.63, 3.8) is 0 Å². The third-order valence-electron chi connectivity index (χ3n) is 5.59. The van der Waals surface area contributed by atoms with Crippen LogP contribution < -0.4 is 5.32 Å². The lowest BCUT2D eigenvalue weighted by molar-refractivity contribution is -0.115. The third-order valence-corrected chi connectivity index (χ3v) is 7.24. The molecule has 0 bridgehead atoms. The molecule has 1 fully saturated rings. The lowest BCUT2D eigenvalue weighted by atomic mass is 10.1. The topological polar surface area (TPSA) is 46.4 Å². The summed E-state index contributed by atoms with van der Waals surface area (Å²) in [6.07, 6.45) is 1.90. The number of thioether (sulfide) groups is 1. The molecular formula is C26H18Cl2FN3OS. The molecule has 0 spiro atoms. The summed E-state index contributed by atoms with van der Waals surface area (Å²) in [6, 6.07) is 19.5. The number of hydrogen-bond donors (Lipinski definition) is 1.